The number of carbonyl (C=O) groups excluding carboxylic acids is 2. The van der Waals surface area contributed by atoms with Gasteiger partial charge in [0.05, 0.1) is 23.2 Å². The van der Waals surface area contributed by atoms with Gasteiger partial charge in [0.15, 0.2) is 5.16 Å². The standard InChI is InChI=1S/C23H24N2O6S/c1-4-29-18-11-9-17(10-12-18)25-22(28)20-7-5-6-8-21(20)24-23(25)32-14-19(31-16(3)27)13-30-15(2)26/h5-12,19H,4,13-14H2,1-3H3. The van der Waals surface area contributed by atoms with Crippen LogP contribution in [0, 0.1) is 0 Å². The predicted octanol–water partition coefficient (Wildman–Crippen LogP) is 3.37. The molecule has 1 aromatic heterocycles. The minimum atomic E-state index is -0.682. The number of benzene rings is 2. The molecule has 0 aliphatic heterocycles. The Labute approximate surface area is 189 Å². The zero-order chi connectivity index (χ0) is 23.1. The van der Waals surface area contributed by atoms with Gasteiger partial charge in [0.1, 0.15) is 18.5 Å². The number of carbonyl (C=O) groups is 2. The van der Waals surface area contributed by atoms with Crippen molar-refractivity contribution in [3.63, 3.8) is 0 Å². The molecule has 168 valence electrons. The fraction of sp³-hybridized carbons (Fsp3) is 0.304. The maximum absolute atomic E-state index is 13.3. The Morgan fingerprint density at radius 1 is 1.06 bits per heavy atom. The highest BCUT2D eigenvalue weighted by atomic mass is 32.2. The zero-order valence-electron chi connectivity index (χ0n) is 18.1. The van der Waals surface area contributed by atoms with Crippen LogP contribution in [0.2, 0.25) is 0 Å². The fourth-order valence-corrected chi connectivity index (χ4v) is 4.00. The molecule has 32 heavy (non-hydrogen) atoms. The molecule has 0 aliphatic carbocycles. The molecule has 1 unspecified atom stereocenters. The van der Waals surface area contributed by atoms with Crippen molar-refractivity contribution in [3.05, 3.63) is 58.9 Å². The quantitative estimate of drug-likeness (QED) is 0.275. The lowest BCUT2D eigenvalue weighted by atomic mass is 10.2. The summed E-state index contributed by atoms with van der Waals surface area (Å²) in [7, 11) is 0. The van der Waals surface area contributed by atoms with Crippen LogP contribution in [-0.4, -0.2) is 46.6 Å². The van der Waals surface area contributed by atoms with Gasteiger partial charge >= 0.3 is 11.9 Å². The average molecular weight is 457 g/mol. The van der Waals surface area contributed by atoms with E-state index in [-0.39, 0.29) is 17.9 Å². The van der Waals surface area contributed by atoms with Crippen molar-refractivity contribution < 1.29 is 23.8 Å². The van der Waals surface area contributed by atoms with Crippen LogP contribution in [0.25, 0.3) is 16.6 Å². The van der Waals surface area contributed by atoms with E-state index in [0.29, 0.717) is 34.1 Å². The molecule has 3 rings (SSSR count). The highest BCUT2D eigenvalue weighted by Crippen LogP contribution is 2.24. The van der Waals surface area contributed by atoms with Crippen LogP contribution < -0.4 is 10.3 Å². The van der Waals surface area contributed by atoms with E-state index in [1.165, 1.54) is 30.2 Å². The van der Waals surface area contributed by atoms with Crippen molar-refractivity contribution >= 4 is 34.6 Å². The second-order valence-corrected chi connectivity index (χ2v) is 7.81. The van der Waals surface area contributed by atoms with Gasteiger partial charge < -0.3 is 14.2 Å². The first-order chi connectivity index (χ1) is 15.4. The molecule has 1 heterocycles. The van der Waals surface area contributed by atoms with E-state index in [4.69, 9.17) is 14.2 Å². The third-order valence-corrected chi connectivity index (χ3v) is 5.42. The van der Waals surface area contributed by atoms with E-state index in [0.717, 1.165) is 0 Å². The van der Waals surface area contributed by atoms with Crippen molar-refractivity contribution in [2.24, 2.45) is 0 Å². The molecule has 8 nitrogen and oxygen atoms in total. The van der Waals surface area contributed by atoms with E-state index >= 15 is 0 Å². The number of ether oxygens (including phenoxy) is 3. The summed E-state index contributed by atoms with van der Waals surface area (Å²) >= 11 is 1.24. The molecule has 0 aliphatic rings. The summed E-state index contributed by atoms with van der Waals surface area (Å²) in [5, 5.41) is 0.917. The summed E-state index contributed by atoms with van der Waals surface area (Å²) < 4.78 is 17.3. The second kappa shape index (κ2) is 10.8. The first-order valence-electron chi connectivity index (χ1n) is 10.1. The summed E-state index contributed by atoms with van der Waals surface area (Å²) in [5.41, 5.74) is 0.973. The van der Waals surface area contributed by atoms with Crippen LogP contribution >= 0.6 is 11.8 Å². The lowest BCUT2D eigenvalue weighted by Crippen LogP contribution is -2.27. The van der Waals surface area contributed by atoms with Gasteiger partial charge in [-0.15, -0.1) is 0 Å². The number of thioether (sulfide) groups is 1. The first-order valence-corrected chi connectivity index (χ1v) is 11.1. The summed E-state index contributed by atoms with van der Waals surface area (Å²) in [5.74, 6) is -0.0155. The van der Waals surface area contributed by atoms with E-state index in [9.17, 15) is 14.4 Å². The van der Waals surface area contributed by atoms with Gasteiger partial charge in [-0.2, -0.15) is 0 Å². The van der Waals surface area contributed by atoms with Crippen LogP contribution in [0.4, 0.5) is 0 Å². The SMILES string of the molecule is CCOc1ccc(-n2c(SCC(COC(C)=O)OC(C)=O)nc3ccccc3c2=O)cc1. The topological polar surface area (TPSA) is 96.7 Å². The summed E-state index contributed by atoms with van der Waals surface area (Å²) in [6.07, 6.45) is -0.682. The van der Waals surface area contributed by atoms with Gasteiger partial charge in [-0.05, 0) is 43.3 Å². The van der Waals surface area contributed by atoms with Gasteiger partial charge in [0.2, 0.25) is 0 Å². The van der Waals surface area contributed by atoms with Crippen LogP contribution in [-0.2, 0) is 19.1 Å². The summed E-state index contributed by atoms with van der Waals surface area (Å²) in [6.45, 7) is 4.93. The van der Waals surface area contributed by atoms with Crippen LogP contribution in [0.1, 0.15) is 20.8 Å². The Morgan fingerprint density at radius 3 is 2.44 bits per heavy atom. The molecular formula is C23H24N2O6S. The third kappa shape index (κ3) is 5.88. The number of esters is 2. The number of nitrogens with zero attached hydrogens (tertiary/aromatic N) is 2. The molecule has 0 radical (unpaired) electrons. The molecule has 0 N–H and O–H groups in total. The number of para-hydroxylation sites is 1. The lowest BCUT2D eigenvalue weighted by molar-refractivity contribution is -0.154. The van der Waals surface area contributed by atoms with Crippen molar-refractivity contribution in [2.75, 3.05) is 19.0 Å². The van der Waals surface area contributed by atoms with Gasteiger partial charge in [-0.3, -0.25) is 19.0 Å². The molecule has 3 aromatic rings. The normalized spacial score (nSPS) is 11.7. The number of aromatic nitrogens is 2. The molecule has 0 spiro atoms. The minimum Gasteiger partial charge on any atom is -0.494 e. The smallest absolute Gasteiger partial charge is 0.303 e. The monoisotopic (exact) mass is 456 g/mol. The highest BCUT2D eigenvalue weighted by molar-refractivity contribution is 7.99. The minimum absolute atomic E-state index is 0.0806. The molecule has 1 atom stereocenters. The Hall–Kier alpha value is -3.33. The molecule has 0 saturated carbocycles. The second-order valence-electron chi connectivity index (χ2n) is 6.82. The Balaban J connectivity index is 1.98. The molecule has 2 aromatic carbocycles. The van der Waals surface area contributed by atoms with Crippen molar-refractivity contribution in [2.45, 2.75) is 32.0 Å². The number of hydrogen-bond acceptors (Lipinski definition) is 8. The maximum atomic E-state index is 13.3. The largest absolute Gasteiger partial charge is 0.494 e. The first kappa shape index (κ1) is 23.3. The Morgan fingerprint density at radius 2 is 1.78 bits per heavy atom. The molecular weight excluding hydrogens is 432 g/mol. The van der Waals surface area contributed by atoms with Crippen LogP contribution in [0.15, 0.2) is 58.5 Å². The van der Waals surface area contributed by atoms with Gasteiger partial charge in [-0.1, -0.05) is 23.9 Å². The average Bonchev–Trinajstić information content (AvgIpc) is 2.76. The Kier molecular flexibility index (Phi) is 7.88. The predicted molar refractivity (Wildman–Crippen MR) is 121 cm³/mol. The molecule has 0 bridgehead atoms. The fourth-order valence-electron chi connectivity index (χ4n) is 3.02. The van der Waals surface area contributed by atoms with Crippen LogP contribution in [0.3, 0.4) is 0 Å². The summed E-state index contributed by atoms with van der Waals surface area (Å²) in [4.78, 5) is 40.6. The lowest BCUT2D eigenvalue weighted by Gasteiger charge is -2.18. The van der Waals surface area contributed by atoms with Crippen molar-refractivity contribution in [1.82, 2.24) is 9.55 Å². The molecule has 0 fully saturated rings. The number of fused-ring (bicyclic) bond motifs is 1. The van der Waals surface area contributed by atoms with Gasteiger partial charge in [0.25, 0.3) is 5.56 Å². The highest BCUT2D eigenvalue weighted by Gasteiger charge is 2.19. The molecule has 0 amide bonds. The third-order valence-electron chi connectivity index (χ3n) is 4.35. The van der Waals surface area contributed by atoms with Gasteiger partial charge in [-0.25, -0.2) is 4.98 Å². The van der Waals surface area contributed by atoms with Gasteiger partial charge in [0, 0.05) is 19.6 Å². The molecule has 0 saturated heterocycles. The van der Waals surface area contributed by atoms with Crippen LogP contribution in [0.5, 0.6) is 5.75 Å². The number of rotatable bonds is 9. The van der Waals surface area contributed by atoms with E-state index < -0.39 is 18.0 Å². The van der Waals surface area contributed by atoms with E-state index in [2.05, 4.69) is 4.98 Å². The van der Waals surface area contributed by atoms with Crippen molar-refractivity contribution in [1.29, 1.82) is 0 Å². The van der Waals surface area contributed by atoms with E-state index in [1.807, 2.05) is 13.0 Å². The van der Waals surface area contributed by atoms with E-state index in [1.54, 1.807) is 42.5 Å². The zero-order valence-corrected chi connectivity index (χ0v) is 18.9. The number of hydrogen-bond donors (Lipinski definition) is 0. The van der Waals surface area contributed by atoms with Crippen molar-refractivity contribution in [3.8, 4) is 11.4 Å². The molecule has 9 heteroatoms. The maximum Gasteiger partial charge on any atom is 0.303 e. The summed E-state index contributed by atoms with van der Waals surface area (Å²) in [6, 6.07) is 14.3. The Bertz CT molecular complexity index is 1160.